The van der Waals surface area contributed by atoms with Crippen LogP contribution in [0.25, 0.3) is 0 Å². The molecule has 0 saturated heterocycles. The molecule has 0 spiro atoms. The molecule has 0 aliphatic heterocycles. The Labute approximate surface area is 95.5 Å². The van der Waals surface area contributed by atoms with E-state index in [1.54, 1.807) is 6.08 Å². The van der Waals surface area contributed by atoms with E-state index in [1.165, 1.54) is 0 Å². The van der Waals surface area contributed by atoms with E-state index < -0.39 is 0 Å². The van der Waals surface area contributed by atoms with E-state index in [4.69, 9.17) is 4.74 Å². The van der Waals surface area contributed by atoms with Crippen LogP contribution >= 0.6 is 0 Å². The number of nitrogens with zero attached hydrogens (tertiary/aromatic N) is 1. The standard InChI is InChI=1S/C13H15NO2/c1-3-5-11-8-13(16-4-2)7-6-12(11)9-14-10-15/h3,6-8H,1,4-5,9H2,2H3. The van der Waals surface area contributed by atoms with E-state index in [1.807, 2.05) is 31.2 Å². The highest BCUT2D eigenvalue weighted by Crippen LogP contribution is 2.19. The van der Waals surface area contributed by atoms with Gasteiger partial charge in [-0.05, 0) is 36.6 Å². The molecule has 0 amide bonds. The summed E-state index contributed by atoms with van der Waals surface area (Å²) in [6, 6.07) is 5.76. The molecule has 1 rings (SSSR count). The summed E-state index contributed by atoms with van der Waals surface area (Å²) < 4.78 is 5.41. The fourth-order valence-electron chi connectivity index (χ4n) is 1.48. The minimum atomic E-state index is 0.360. The number of rotatable bonds is 6. The molecule has 0 saturated carbocycles. The Morgan fingerprint density at radius 1 is 1.50 bits per heavy atom. The van der Waals surface area contributed by atoms with Gasteiger partial charge in [-0.2, -0.15) is 0 Å². The zero-order valence-electron chi connectivity index (χ0n) is 9.40. The second-order valence-corrected chi connectivity index (χ2v) is 3.26. The van der Waals surface area contributed by atoms with Gasteiger partial charge in [0.2, 0.25) is 6.08 Å². The molecular formula is C13H15NO2. The van der Waals surface area contributed by atoms with Gasteiger partial charge in [-0.25, -0.2) is 9.79 Å². The van der Waals surface area contributed by atoms with Crippen LogP contribution in [-0.4, -0.2) is 12.7 Å². The van der Waals surface area contributed by atoms with Gasteiger partial charge in [-0.15, -0.1) is 6.58 Å². The molecule has 0 unspecified atom stereocenters. The van der Waals surface area contributed by atoms with Crippen molar-refractivity contribution in [3.63, 3.8) is 0 Å². The first-order chi connectivity index (χ1) is 7.81. The fraction of sp³-hybridized carbons (Fsp3) is 0.308. The Balaban J connectivity index is 2.97. The molecule has 16 heavy (non-hydrogen) atoms. The van der Waals surface area contributed by atoms with Crippen molar-refractivity contribution >= 4 is 6.08 Å². The van der Waals surface area contributed by atoms with E-state index in [2.05, 4.69) is 11.6 Å². The van der Waals surface area contributed by atoms with Crippen LogP contribution in [0.2, 0.25) is 0 Å². The third-order valence-electron chi connectivity index (χ3n) is 2.17. The van der Waals surface area contributed by atoms with E-state index in [0.29, 0.717) is 13.2 Å². The van der Waals surface area contributed by atoms with Crippen molar-refractivity contribution in [1.29, 1.82) is 0 Å². The van der Waals surface area contributed by atoms with Crippen molar-refractivity contribution in [3.8, 4) is 5.75 Å². The van der Waals surface area contributed by atoms with Gasteiger partial charge in [0.15, 0.2) is 0 Å². The number of benzene rings is 1. The minimum Gasteiger partial charge on any atom is -0.494 e. The minimum absolute atomic E-state index is 0.360. The van der Waals surface area contributed by atoms with Crippen molar-refractivity contribution in [3.05, 3.63) is 42.0 Å². The quantitative estimate of drug-likeness (QED) is 0.417. The maximum absolute atomic E-state index is 10.1. The largest absolute Gasteiger partial charge is 0.494 e. The van der Waals surface area contributed by atoms with Crippen molar-refractivity contribution < 1.29 is 9.53 Å². The van der Waals surface area contributed by atoms with Gasteiger partial charge in [0, 0.05) is 0 Å². The summed E-state index contributed by atoms with van der Waals surface area (Å²) in [5.41, 5.74) is 2.09. The topological polar surface area (TPSA) is 38.7 Å². The number of allylic oxidation sites excluding steroid dienone is 1. The van der Waals surface area contributed by atoms with Crippen molar-refractivity contribution in [1.82, 2.24) is 0 Å². The predicted molar refractivity (Wildman–Crippen MR) is 63.3 cm³/mol. The highest BCUT2D eigenvalue weighted by Gasteiger charge is 2.03. The Bertz CT molecular complexity index is 406. The number of carbonyl (C=O) groups excluding carboxylic acids is 1. The lowest BCUT2D eigenvalue weighted by molar-refractivity contribution is 0.340. The SMILES string of the molecule is C=CCc1cc(OCC)ccc1CN=C=O. The first-order valence-electron chi connectivity index (χ1n) is 5.21. The van der Waals surface area contributed by atoms with Crippen LogP contribution in [0.1, 0.15) is 18.1 Å². The molecule has 0 fully saturated rings. The predicted octanol–water partition coefficient (Wildman–Crippen LogP) is 2.65. The van der Waals surface area contributed by atoms with E-state index in [-0.39, 0.29) is 0 Å². The molecule has 0 bridgehead atoms. The number of hydrogen-bond acceptors (Lipinski definition) is 3. The lowest BCUT2D eigenvalue weighted by Gasteiger charge is -2.08. The van der Waals surface area contributed by atoms with Gasteiger partial charge >= 0.3 is 0 Å². The molecular weight excluding hydrogens is 202 g/mol. The second kappa shape index (κ2) is 6.59. The molecule has 0 atom stereocenters. The first-order valence-corrected chi connectivity index (χ1v) is 5.21. The number of hydrogen-bond donors (Lipinski definition) is 0. The summed E-state index contributed by atoms with van der Waals surface area (Å²) in [5, 5.41) is 0. The molecule has 0 aromatic heterocycles. The summed E-state index contributed by atoms with van der Waals surface area (Å²) in [4.78, 5) is 13.7. The van der Waals surface area contributed by atoms with Gasteiger partial charge in [-0.1, -0.05) is 12.1 Å². The molecule has 3 nitrogen and oxygen atoms in total. The van der Waals surface area contributed by atoms with Crippen LogP contribution in [0.5, 0.6) is 5.75 Å². The van der Waals surface area contributed by atoms with E-state index in [9.17, 15) is 4.79 Å². The fourth-order valence-corrected chi connectivity index (χ4v) is 1.48. The van der Waals surface area contributed by atoms with E-state index in [0.717, 1.165) is 23.3 Å². The van der Waals surface area contributed by atoms with Crippen molar-refractivity contribution in [2.24, 2.45) is 4.99 Å². The summed E-state index contributed by atoms with van der Waals surface area (Å²) in [6.07, 6.45) is 4.10. The Morgan fingerprint density at radius 2 is 2.31 bits per heavy atom. The summed E-state index contributed by atoms with van der Waals surface area (Å²) in [5.74, 6) is 0.832. The third-order valence-corrected chi connectivity index (χ3v) is 2.17. The number of isocyanates is 1. The molecule has 0 radical (unpaired) electrons. The zero-order valence-corrected chi connectivity index (χ0v) is 9.40. The molecule has 0 heterocycles. The van der Waals surface area contributed by atoms with Gasteiger partial charge in [-0.3, -0.25) is 0 Å². The maximum Gasteiger partial charge on any atom is 0.235 e. The lowest BCUT2D eigenvalue weighted by Crippen LogP contribution is -1.96. The van der Waals surface area contributed by atoms with Crippen molar-refractivity contribution in [2.45, 2.75) is 19.9 Å². The Hall–Kier alpha value is -1.86. The van der Waals surface area contributed by atoms with Crippen LogP contribution in [0.3, 0.4) is 0 Å². The third kappa shape index (κ3) is 3.37. The Kier molecular flexibility index (Phi) is 5.03. The summed E-state index contributed by atoms with van der Waals surface area (Å²) >= 11 is 0. The molecule has 0 aliphatic rings. The highest BCUT2D eigenvalue weighted by atomic mass is 16.5. The van der Waals surface area contributed by atoms with Gasteiger partial charge in [0.25, 0.3) is 0 Å². The molecule has 0 aliphatic carbocycles. The second-order valence-electron chi connectivity index (χ2n) is 3.26. The smallest absolute Gasteiger partial charge is 0.235 e. The molecule has 84 valence electrons. The van der Waals surface area contributed by atoms with Gasteiger partial charge < -0.3 is 4.74 Å². The first kappa shape index (κ1) is 12.2. The number of ether oxygens (including phenoxy) is 1. The molecule has 1 aromatic rings. The highest BCUT2D eigenvalue weighted by molar-refractivity contribution is 5.39. The summed E-state index contributed by atoms with van der Waals surface area (Å²) in [6.45, 7) is 6.64. The van der Waals surface area contributed by atoms with Crippen LogP contribution in [-0.2, 0) is 17.8 Å². The normalized spacial score (nSPS) is 9.31. The molecule has 3 heteroatoms. The van der Waals surface area contributed by atoms with Crippen LogP contribution in [0, 0.1) is 0 Å². The van der Waals surface area contributed by atoms with E-state index >= 15 is 0 Å². The van der Waals surface area contributed by atoms with Crippen LogP contribution in [0.15, 0.2) is 35.8 Å². The summed E-state index contributed by atoms with van der Waals surface area (Å²) in [7, 11) is 0. The van der Waals surface area contributed by atoms with Gasteiger partial charge in [0.1, 0.15) is 5.75 Å². The van der Waals surface area contributed by atoms with Crippen LogP contribution < -0.4 is 4.74 Å². The van der Waals surface area contributed by atoms with Gasteiger partial charge in [0.05, 0.1) is 13.2 Å². The number of aliphatic imine (C=N–C) groups is 1. The monoisotopic (exact) mass is 217 g/mol. The lowest BCUT2D eigenvalue weighted by atomic mass is 10.0. The average molecular weight is 217 g/mol. The van der Waals surface area contributed by atoms with Crippen LogP contribution in [0.4, 0.5) is 0 Å². The average Bonchev–Trinajstić information content (AvgIpc) is 2.29. The van der Waals surface area contributed by atoms with Crippen molar-refractivity contribution in [2.75, 3.05) is 6.61 Å². The maximum atomic E-state index is 10.1. The molecule has 0 N–H and O–H groups in total. The zero-order chi connectivity index (χ0) is 11.8. The Morgan fingerprint density at radius 3 is 2.94 bits per heavy atom. The molecule has 1 aromatic carbocycles.